The number of para-hydroxylation sites is 1. The van der Waals surface area contributed by atoms with Crippen LogP contribution in [-0.2, 0) is 4.57 Å². The van der Waals surface area contributed by atoms with E-state index in [1.165, 1.54) is 0 Å². The molecule has 0 fully saturated rings. The lowest BCUT2D eigenvalue weighted by molar-refractivity contribution is 0.588. The number of allylic oxidation sites excluding steroid dienone is 3. The van der Waals surface area contributed by atoms with E-state index in [0.717, 1.165) is 22.0 Å². The zero-order valence-corrected chi connectivity index (χ0v) is 10.1. The highest BCUT2D eigenvalue weighted by atomic mass is 31.2. The van der Waals surface area contributed by atoms with Crippen LogP contribution in [0.15, 0.2) is 60.6 Å². The van der Waals surface area contributed by atoms with Crippen LogP contribution in [0.1, 0.15) is 0 Å². The summed E-state index contributed by atoms with van der Waals surface area (Å²) in [7, 11) is -2.53. The molecule has 1 heterocycles. The highest BCUT2D eigenvalue weighted by Crippen LogP contribution is 2.54. The van der Waals surface area contributed by atoms with Gasteiger partial charge in [-0.3, -0.25) is 0 Å². The zero-order chi connectivity index (χ0) is 11.8. The van der Waals surface area contributed by atoms with E-state index in [1.807, 2.05) is 24.3 Å². The minimum absolute atomic E-state index is 0.751. The average molecular weight is 231 g/mol. The zero-order valence-electron chi connectivity index (χ0n) is 9.23. The van der Waals surface area contributed by atoms with E-state index in [0.29, 0.717) is 0 Å². The Labute approximate surface area is 95.8 Å². The topological polar surface area (TPSA) is 29.1 Å². The summed E-state index contributed by atoms with van der Waals surface area (Å²) in [6.45, 7) is 9.24. The first-order chi connectivity index (χ1) is 7.61. The fraction of sp³-hybridized carbons (Fsp3) is 0.0769. The number of rotatable bonds is 2. The molecule has 1 atom stereocenters. The van der Waals surface area contributed by atoms with Gasteiger partial charge in [0, 0.05) is 22.0 Å². The van der Waals surface area contributed by atoms with Crippen molar-refractivity contribution in [1.82, 2.24) is 0 Å². The maximum absolute atomic E-state index is 12.8. The standard InChI is InChI=1S/C13H14NOP/c1-4-10-12(5-2)16(3,15)13-9-7-6-8-11(13)14-10/h4-9,14H,1-2H2,3H3. The Kier molecular flexibility index (Phi) is 2.61. The Morgan fingerprint density at radius 1 is 1.25 bits per heavy atom. The van der Waals surface area contributed by atoms with Gasteiger partial charge in [0.2, 0.25) is 0 Å². The molecule has 0 amide bonds. The number of benzene rings is 1. The molecule has 2 nitrogen and oxygen atoms in total. The minimum Gasteiger partial charge on any atom is -0.354 e. The van der Waals surface area contributed by atoms with Crippen LogP contribution < -0.4 is 10.6 Å². The first-order valence-corrected chi connectivity index (χ1v) is 7.20. The number of fused-ring (bicyclic) bond motifs is 1. The van der Waals surface area contributed by atoms with Crippen LogP contribution in [0.4, 0.5) is 5.69 Å². The average Bonchev–Trinajstić information content (AvgIpc) is 2.28. The van der Waals surface area contributed by atoms with Crippen molar-refractivity contribution in [2.45, 2.75) is 0 Å². The van der Waals surface area contributed by atoms with E-state index >= 15 is 0 Å². The van der Waals surface area contributed by atoms with E-state index in [9.17, 15) is 4.57 Å². The predicted molar refractivity (Wildman–Crippen MR) is 70.6 cm³/mol. The Morgan fingerprint density at radius 2 is 1.94 bits per heavy atom. The van der Waals surface area contributed by atoms with Gasteiger partial charge in [0.05, 0.1) is 0 Å². The number of nitrogens with one attached hydrogen (secondary N) is 1. The van der Waals surface area contributed by atoms with Crippen LogP contribution in [0.2, 0.25) is 0 Å². The van der Waals surface area contributed by atoms with Crippen molar-refractivity contribution in [2.75, 3.05) is 12.0 Å². The van der Waals surface area contributed by atoms with Crippen LogP contribution in [0.25, 0.3) is 0 Å². The summed E-state index contributed by atoms with van der Waals surface area (Å²) in [5.41, 5.74) is 1.69. The summed E-state index contributed by atoms with van der Waals surface area (Å²) in [5, 5.41) is 4.83. The Hall–Kier alpha value is -1.53. The van der Waals surface area contributed by atoms with Crippen molar-refractivity contribution >= 4 is 18.1 Å². The second kappa shape index (κ2) is 3.80. The Balaban J connectivity index is 2.73. The number of hydrogen-bond donors (Lipinski definition) is 1. The summed E-state index contributed by atoms with van der Waals surface area (Å²) in [6.07, 6.45) is 3.34. The van der Waals surface area contributed by atoms with Gasteiger partial charge in [-0.25, -0.2) is 0 Å². The van der Waals surface area contributed by atoms with Crippen LogP contribution in [0.3, 0.4) is 0 Å². The van der Waals surface area contributed by atoms with Gasteiger partial charge in [0.25, 0.3) is 0 Å². The number of anilines is 1. The van der Waals surface area contributed by atoms with Gasteiger partial charge in [-0.05, 0) is 24.9 Å². The molecule has 2 rings (SSSR count). The quantitative estimate of drug-likeness (QED) is 0.791. The molecule has 82 valence electrons. The Morgan fingerprint density at radius 3 is 2.56 bits per heavy atom. The minimum atomic E-state index is -2.53. The maximum Gasteiger partial charge on any atom is 0.144 e. The van der Waals surface area contributed by atoms with Gasteiger partial charge in [0.1, 0.15) is 7.14 Å². The fourth-order valence-corrected chi connectivity index (χ4v) is 4.14. The first kappa shape index (κ1) is 11.0. The van der Waals surface area contributed by atoms with Crippen molar-refractivity contribution in [2.24, 2.45) is 0 Å². The van der Waals surface area contributed by atoms with Crippen LogP contribution in [0.5, 0.6) is 0 Å². The summed E-state index contributed by atoms with van der Waals surface area (Å²) in [6, 6.07) is 7.64. The molecule has 1 aliphatic rings. The third-order valence-corrected chi connectivity index (χ3v) is 5.42. The molecule has 16 heavy (non-hydrogen) atoms. The third-order valence-electron chi connectivity index (χ3n) is 2.77. The molecule has 1 aromatic rings. The molecule has 1 unspecified atom stereocenters. The highest BCUT2D eigenvalue weighted by Gasteiger charge is 2.30. The SMILES string of the molecule is C=CC1=C(C=C)P(C)(=O)c2ccccc2N1. The molecular formula is C13H14NOP. The van der Waals surface area contributed by atoms with Crippen LogP contribution in [0, 0.1) is 0 Å². The van der Waals surface area contributed by atoms with Crippen molar-refractivity contribution in [3.05, 3.63) is 60.6 Å². The molecular weight excluding hydrogens is 217 g/mol. The van der Waals surface area contributed by atoms with Crippen LogP contribution in [-0.4, -0.2) is 6.66 Å². The lowest BCUT2D eigenvalue weighted by Gasteiger charge is -2.27. The highest BCUT2D eigenvalue weighted by molar-refractivity contribution is 7.75. The second-order valence-corrected chi connectivity index (χ2v) is 6.59. The van der Waals surface area contributed by atoms with Gasteiger partial charge < -0.3 is 9.88 Å². The van der Waals surface area contributed by atoms with Crippen LogP contribution >= 0.6 is 7.14 Å². The molecule has 0 bridgehead atoms. The molecule has 0 saturated carbocycles. The number of hydrogen-bond acceptors (Lipinski definition) is 2. The lowest BCUT2D eigenvalue weighted by atomic mass is 10.2. The summed E-state index contributed by atoms with van der Waals surface area (Å²) >= 11 is 0. The normalized spacial score (nSPS) is 23.3. The lowest BCUT2D eigenvalue weighted by Crippen LogP contribution is -2.19. The fourth-order valence-electron chi connectivity index (χ4n) is 1.96. The second-order valence-electron chi connectivity index (χ2n) is 3.77. The van der Waals surface area contributed by atoms with E-state index < -0.39 is 7.14 Å². The predicted octanol–water partition coefficient (Wildman–Crippen LogP) is 3.31. The van der Waals surface area contributed by atoms with Gasteiger partial charge >= 0.3 is 0 Å². The first-order valence-electron chi connectivity index (χ1n) is 5.05. The van der Waals surface area contributed by atoms with Gasteiger partial charge in [-0.15, -0.1) is 0 Å². The molecule has 0 spiro atoms. The maximum atomic E-state index is 12.8. The molecule has 1 aliphatic heterocycles. The Bertz CT molecular complexity index is 543. The van der Waals surface area contributed by atoms with E-state index in [-0.39, 0.29) is 0 Å². The molecule has 0 radical (unpaired) electrons. The van der Waals surface area contributed by atoms with Crippen molar-refractivity contribution in [1.29, 1.82) is 0 Å². The van der Waals surface area contributed by atoms with E-state index in [1.54, 1.807) is 18.8 Å². The summed E-state index contributed by atoms with van der Waals surface area (Å²) in [4.78, 5) is 0. The summed E-state index contributed by atoms with van der Waals surface area (Å²) < 4.78 is 12.8. The molecule has 0 aliphatic carbocycles. The van der Waals surface area contributed by atoms with Crippen molar-refractivity contribution in [3.8, 4) is 0 Å². The van der Waals surface area contributed by atoms with Crippen molar-refractivity contribution < 1.29 is 4.57 Å². The summed E-state index contributed by atoms with van der Waals surface area (Å²) in [5.74, 6) is 0. The molecule has 0 aromatic heterocycles. The monoisotopic (exact) mass is 231 g/mol. The molecule has 1 N–H and O–H groups in total. The van der Waals surface area contributed by atoms with E-state index in [2.05, 4.69) is 18.5 Å². The largest absolute Gasteiger partial charge is 0.354 e. The van der Waals surface area contributed by atoms with Crippen molar-refractivity contribution in [3.63, 3.8) is 0 Å². The molecule has 3 heteroatoms. The third kappa shape index (κ3) is 1.46. The van der Waals surface area contributed by atoms with Gasteiger partial charge in [-0.1, -0.05) is 31.4 Å². The molecule has 1 aromatic carbocycles. The molecule has 0 saturated heterocycles. The smallest absolute Gasteiger partial charge is 0.144 e. The van der Waals surface area contributed by atoms with Gasteiger partial charge in [-0.2, -0.15) is 0 Å². The van der Waals surface area contributed by atoms with E-state index in [4.69, 9.17) is 0 Å². The van der Waals surface area contributed by atoms with Gasteiger partial charge in [0.15, 0.2) is 0 Å².